The molecule has 2 nitrogen and oxygen atoms in total. The Bertz CT molecular complexity index is 484. The zero-order valence-corrected chi connectivity index (χ0v) is 14.0. The lowest BCUT2D eigenvalue weighted by molar-refractivity contribution is 0.336. The Labute approximate surface area is 133 Å². The van der Waals surface area contributed by atoms with Crippen molar-refractivity contribution >= 4 is 17.3 Å². The van der Waals surface area contributed by atoms with Crippen LogP contribution in [0.1, 0.15) is 51.0 Å². The van der Waals surface area contributed by atoms with Gasteiger partial charge in [0.25, 0.3) is 0 Å². The molecule has 0 saturated heterocycles. The predicted octanol–water partition coefficient (Wildman–Crippen LogP) is 4.61. The van der Waals surface area contributed by atoms with Crippen LogP contribution in [0.5, 0.6) is 0 Å². The van der Waals surface area contributed by atoms with Gasteiger partial charge in [-0.1, -0.05) is 43.5 Å². The summed E-state index contributed by atoms with van der Waals surface area (Å²) in [7, 11) is 2.23. The SMILES string of the molecule is CC1CCCC(N(C)c2c(Cl)cccc2CNC2CC2)C1. The molecule has 0 spiro atoms. The second-order valence-electron chi connectivity index (χ2n) is 6.94. The lowest BCUT2D eigenvalue weighted by Crippen LogP contribution is -2.36. The maximum Gasteiger partial charge on any atom is 0.0642 e. The maximum absolute atomic E-state index is 6.54. The molecular weight excluding hydrogens is 280 g/mol. The molecule has 0 bridgehead atoms. The number of hydrogen-bond acceptors (Lipinski definition) is 2. The minimum atomic E-state index is 0.633. The van der Waals surface area contributed by atoms with Gasteiger partial charge in [0.2, 0.25) is 0 Å². The van der Waals surface area contributed by atoms with Crippen LogP contribution >= 0.6 is 11.6 Å². The van der Waals surface area contributed by atoms with Gasteiger partial charge >= 0.3 is 0 Å². The number of anilines is 1. The standard InChI is InChI=1S/C18H27ClN2/c1-13-5-3-7-16(11-13)21(2)18-14(6-4-8-17(18)19)12-20-15-9-10-15/h4,6,8,13,15-16,20H,3,5,7,9-12H2,1-2H3. The summed E-state index contributed by atoms with van der Waals surface area (Å²) in [5.41, 5.74) is 2.58. The maximum atomic E-state index is 6.54. The zero-order chi connectivity index (χ0) is 14.8. The van der Waals surface area contributed by atoms with E-state index < -0.39 is 0 Å². The summed E-state index contributed by atoms with van der Waals surface area (Å²) in [5, 5.41) is 4.52. The van der Waals surface area contributed by atoms with E-state index in [0.717, 1.165) is 23.5 Å². The van der Waals surface area contributed by atoms with E-state index in [0.29, 0.717) is 6.04 Å². The third kappa shape index (κ3) is 3.73. The number of hydrogen-bond donors (Lipinski definition) is 1. The van der Waals surface area contributed by atoms with Gasteiger partial charge in [-0.3, -0.25) is 0 Å². The lowest BCUT2D eigenvalue weighted by Gasteiger charge is -2.37. The fraction of sp³-hybridized carbons (Fsp3) is 0.667. The summed E-state index contributed by atoms with van der Waals surface area (Å²) in [5.74, 6) is 0.835. The summed E-state index contributed by atoms with van der Waals surface area (Å²) in [6.07, 6.45) is 7.95. The van der Waals surface area contributed by atoms with Gasteiger partial charge in [0.1, 0.15) is 0 Å². The van der Waals surface area contributed by atoms with E-state index >= 15 is 0 Å². The van der Waals surface area contributed by atoms with Gasteiger partial charge < -0.3 is 10.2 Å². The van der Waals surface area contributed by atoms with E-state index in [-0.39, 0.29) is 0 Å². The Morgan fingerprint density at radius 2 is 2.05 bits per heavy atom. The molecule has 0 radical (unpaired) electrons. The molecule has 1 aromatic carbocycles. The molecule has 0 heterocycles. The summed E-state index contributed by atoms with van der Waals surface area (Å²) in [6.45, 7) is 3.31. The van der Waals surface area contributed by atoms with Crippen molar-refractivity contribution in [2.24, 2.45) is 5.92 Å². The molecule has 0 amide bonds. The molecule has 2 aliphatic rings. The van der Waals surface area contributed by atoms with E-state index in [1.54, 1.807) is 0 Å². The molecule has 0 aliphatic heterocycles. The number of nitrogens with zero attached hydrogens (tertiary/aromatic N) is 1. The summed E-state index contributed by atoms with van der Waals surface area (Å²) < 4.78 is 0. The van der Waals surface area contributed by atoms with E-state index in [1.165, 1.54) is 49.8 Å². The molecule has 2 aliphatic carbocycles. The van der Waals surface area contributed by atoms with E-state index in [2.05, 4.69) is 36.3 Å². The summed E-state index contributed by atoms with van der Waals surface area (Å²) in [6, 6.07) is 7.69. The monoisotopic (exact) mass is 306 g/mol. The van der Waals surface area contributed by atoms with Gasteiger partial charge in [-0.25, -0.2) is 0 Å². The number of halogens is 1. The highest BCUT2D eigenvalue weighted by Gasteiger charge is 2.26. The van der Waals surface area contributed by atoms with Gasteiger partial charge in [0.05, 0.1) is 10.7 Å². The summed E-state index contributed by atoms with van der Waals surface area (Å²) >= 11 is 6.54. The van der Waals surface area contributed by atoms with Crippen LogP contribution < -0.4 is 10.2 Å². The molecule has 2 unspecified atom stereocenters. The first kappa shape index (κ1) is 15.2. The van der Waals surface area contributed by atoms with Crippen LogP contribution in [0.15, 0.2) is 18.2 Å². The van der Waals surface area contributed by atoms with Gasteiger partial charge in [0.15, 0.2) is 0 Å². The van der Waals surface area contributed by atoms with Gasteiger partial charge in [0, 0.05) is 25.7 Å². The zero-order valence-electron chi connectivity index (χ0n) is 13.2. The van der Waals surface area contributed by atoms with E-state index in [1.807, 2.05) is 6.07 Å². The number of benzene rings is 1. The molecule has 2 atom stereocenters. The third-order valence-electron chi connectivity index (χ3n) is 5.04. The minimum Gasteiger partial charge on any atom is -0.370 e. The quantitative estimate of drug-likeness (QED) is 0.855. The first-order valence-corrected chi connectivity index (χ1v) is 8.76. The van der Waals surface area contributed by atoms with Crippen LogP contribution in [0, 0.1) is 5.92 Å². The topological polar surface area (TPSA) is 15.3 Å². The fourth-order valence-corrected chi connectivity index (χ4v) is 3.90. The van der Waals surface area contributed by atoms with Crippen molar-refractivity contribution in [1.29, 1.82) is 0 Å². The summed E-state index contributed by atoms with van der Waals surface area (Å²) in [4.78, 5) is 2.45. The van der Waals surface area contributed by atoms with E-state index in [9.17, 15) is 0 Å². The normalized spacial score (nSPS) is 25.9. The molecule has 2 fully saturated rings. The Morgan fingerprint density at radius 1 is 1.24 bits per heavy atom. The average molecular weight is 307 g/mol. The second-order valence-corrected chi connectivity index (χ2v) is 7.35. The van der Waals surface area contributed by atoms with Crippen LogP contribution in [0.4, 0.5) is 5.69 Å². The number of rotatable bonds is 5. The van der Waals surface area contributed by atoms with Gasteiger partial charge in [-0.05, 0) is 43.2 Å². The molecule has 1 aromatic rings. The molecule has 2 saturated carbocycles. The first-order chi connectivity index (χ1) is 10.1. The minimum absolute atomic E-state index is 0.633. The van der Waals surface area contributed by atoms with Crippen molar-refractivity contribution < 1.29 is 0 Å². The molecule has 1 N–H and O–H groups in total. The van der Waals surface area contributed by atoms with Crippen LogP contribution in [-0.4, -0.2) is 19.1 Å². The van der Waals surface area contributed by atoms with Crippen molar-refractivity contribution in [3.8, 4) is 0 Å². The van der Waals surface area contributed by atoms with Crippen molar-refractivity contribution in [2.75, 3.05) is 11.9 Å². The van der Waals surface area contributed by atoms with Crippen molar-refractivity contribution in [1.82, 2.24) is 5.32 Å². The molecule has 0 aromatic heterocycles. The Kier molecular flexibility index (Phi) is 4.75. The van der Waals surface area contributed by atoms with Gasteiger partial charge in [-0.2, -0.15) is 0 Å². The largest absolute Gasteiger partial charge is 0.370 e. The van der Waals surface area contributed by atoms with Gasteiger partial charge in [-0.15, -0.1) is 0 Å². The molecule has 3 heteroatoms. The predicted molar refractivity (Wildman–Crippen MR) is 91.1 cm³/mol. The highest BCUT2D eigenvalue weighted by Crippen LogP contribution is 2.35. The van der Waals surface area contributed by atoms with E-state index in [4.69, 9.17) is 11.6 Å². The highest BCUT2D eigenvalue weighted by molar-refractivity contribution is 6.33. The van der Waals surface area contributed by atoms with Crippen LogP contribution in [0.2, 0.25) is 5.02 Å². The van der Waals surface area contributed by atoms with Crippen molar-refractivity contribution in [2.45, 2.75) is 64.1 Å². The Morgan fingerprint density at radius 3 is 2.76 bits per heavy atom. The van der Waals surface area contributed by atoms with Crippen molar-refractivity contribution in [3.63, 3.8) is 0 Å². The van der Waals surface area contributed by atoms with Crippen LogP contribution in [0.3, 0.4) is 0 Å². The number of nitrogens with one attached hydrogen (secondary N) is 1. The lowest BCUT2D eigenvalue weighted by atomic mass is 9.86. The highest BCUT2D eigenvalue weighted by atomic mass is 35.5. The van der Waals surface area contributed by atoms with Crippen LogP contribution in [0.25, 0.3) is 0 Å². The van der Waals surface area contributed by atoms with Crippen molar-refractivity contribution in [3.05, 3.63) is 28.8 Å². The average Bonchev–Trinajstić information content (AvgIpc) is 3.29. The molecule has 3 rings (SSSR count). The smallest absolute Gasteiger partial charge is 0.0642 e. The second kappa shape index (κ2) is 6.58. The Hall–Kier alpha value is -0.730. The third-order valence-corrected chi connectivity index (χ3v) is 5.34. The Balaban J connectivity index is 1.77. The molecule has 21 heavy (non-hydrogen) atoms. The number of para-hydroxylation sites is 1. The first-order valence-electron chi connectivity index (χ1n) is 8.38. The fourth-order valence-electron chi connectivity index (χ4n) is 3.58. The molecule has 116 valence electrons. The van der Waals surface area contributed by atoms with Crippen LogP contribution in [-0.2, 0) is 6.54 Å². The molecular formula is C18H27ClN2.